The van der Waals surface area contributed by atoms with Crippen LogP contribution in [0.1, 0.15) is 41.0 Å². The van der Waals surface area contributed by atoms with Crippen LogP contribution in [-0.2, 0) is 18.3 Å². The molecule has 0 aromatic rings. The van der Waals surface area contributed by atoms with Gasteiger partial charge in [-0.25, -0.2) is 0 Å². The van der Waals surface area contributed by atoms with Gasteiger partial charge in [0, 0.05) is 6.61 Å². The SMILES string of the molecule is CCO[Si](CC)(CC)OC(C)C1(C)OCCCO1. The molecule has 1 aliphatic heterocycles. The third kappa shape index (κ3) is 3.77. The van der Waals surface area contributed by atoms with Gasteiger partial charge in [-0.2, -0.15) is 0 Å². The highest BCUT2D eigenvalue weighted by Gasteiger charge is 2.43. The molecule has 18 heavy (non-hydrogen) atoms. The summed E-state index contributed by atoms with van der Waals surface area (Å²) in [4.78, 5) is 0. The van der Waals surface area contributed by atoms with Crippen LogP contribution in [-0.4, -0.2) is 40.3 Å². The Morgan fingerprint density at radius 1 is 1.17 bits per heavy atom. The Hall–Kier alpha value is 0.0569. The summed E-state index contributed by atoms with van der Waals surface area (Å²) in [7, 11) is -2.10. The Kier molecular flexibility index (Phi) is 6.27. The van der Waals surface area contributed by atoms with Crippen molar-refractivity contribution in [3.8, 4) is 0 Å². The quantitative estimate of drug-likeness (QED) is 0.670. The first-order chi connectivity index (χ1) is 8.52. The lowest BCUT2D eigenvalue weighted by Gasteiger charge is -2.42. The van der Waals surface area contributed by atoms with Gasteiger partial charge in [-0.3, -0.25) is 0 Å². The zero-order valence-corrected chi connectivity index (χ0v) is 13.5. The van der Waals surface area contributed by atoms with E-state index in [4.69, 9.17) is 18.3 Å². The molecule has 108 valence electrons. The van der Waals surface area contributed by atoms with E-state index >= 15 is 0 Å². The van der Waals surface area contributed by atoms with E-state index in [-0.39, 0.29) is 6.10 Å². The van der Waals surface area contributed by atoms with Gasteiger partial charge in [0.1, 0.15) is 0 Å². The Morgan fingerprint density at radius 2 is 1.72 bits per heavy atom. The molecule has 0 aromatic carbocycles. The normalized spacial score (nSPS) is 21.8. The fraction of sp³-hybridized carbons (Fsp3) is 1.00. The molecule has 0 spiro atoms. The van der Waals surface area contributed by atoms with Gasteiger partial charge in [0.25, 0.3) is 0 Å². The predicted molar refractivity (Wildman–Crippen MR) is 73.8 cm³/mol. The molecule has 0 amide bonds. The molecule has 0 aliphatic carbocycles. The third-order valence-corrected chi connectivity index (χ3v) is 7.43. The maximum Gasteiger partial charge on any atom is 0.337 e. The van der Waals surface area contributed by atoms with Crippen LogP contribution in [0.15, 0.2) is 0 Å². The molecule has 0 saturated carbocycles. The fourth-order valence-electron chi connectivity index (χ4n) is 2.23. The minimum absolute atomic E-state index is 0.101. The van der Waals surface area contributed by atoms with Crippen LogP contribution in [0.5, 0.6) is 0 Å². The first kappa shape index (κ1) is 16.1. The Morgan fingerprint density at radius 3 is 2.17 bits per heavy atom. The topological polar surface area (TPSA) is 36.9 Å². The highest BCUT2D eigenvalue weighted by Crippen LogP contribution is 2.29. The molecule has 1 unspecified atom stereocenters. The van der Waals surface area contributed by atoms with Gasteiger partial charge in [0.2, 0.25) is 0 Å². The molecule has 4 nitrogen and oxygen atoms in total. The highest BCUT2D eigenvalue weighted by molar-refractivity contribution is 6.67. The molecule has 1 fully saturated rings. The van der Waals surface area contributed by atoms with Crippen LogP contribution in [0.4, 0.5) is 0 Å². The van der Waals surface area contributed by atoms with Crippen LogP contribution in [0.2, 0.25) is 12.1 Å². The second kappa shape index (κ2) is 7.00. The number of hydrogen-bond acceptors (Lipinski definition) is 4. The molecule has 1 rings (SSSR count). The van der Waals surface area contributed by atoms with Gasteiger partial charge in [0.05, 0.1) is 19.3 Å². The number of ether oxygens (including phenoxy) is 2. The van der Waals surface area contributed by atoms with E-state index in [9.17, 15) is 0 Å². The summed E-state index contributed by atoms with van der Waals surface area (Å²) >= 11 is 0. The van der Waals surface area contributed by atoms with E-state index in [1.54, 1.807) is 0 Å². The summed E-state index contributed by atoms with van der Waals surface area (Å²) in [6.07, 6.45) is 0.855. The largest absolute Gasteiger partial charge is 0.394 e. The van der Waals surface area contributed by atoms with Crippen LogP contribution in [0, 0.1) is 0 Å². The lowest BCUT2D eigenvalue weighted by atomic mass is 10.2. The molecule has 0 N–H and O–H groups in total. The molecular weight excluding hydrogens is 248 g/mol. The second-order valence-corrected chi connectivity index (χ2v) is 8.64. The smallest absolute Gasteiger partial charge is 0.337 e. The van der Waals surface area contributed by atoms with E-state index < -0.39 is 14.3 Å². The van der Waals surface area contributed by atoms with Crippen molar-refractivity contribution < 1.29 is 18.3 Å². The molecule has 0 aromatic heterocycles. The highest BCUT2D eigenvalue weighted by atomic mass is 28.4. The summed E-state index contributed by atoms with van der Waals surface area (Å²) in [6, 6.07) is 1.91. The molecule has 1 aliphatic rings. The Bertz CT molecular complexity index is 237. The standard InChI is InChI=1S/C13H28O4Si/c1-6-16-18(7-2,8-3)17-12(4)13(5)14-10-9-11-15-13/h12H,6-11H2,1-5H3. The summed E-state index contributed by atoms with van der Waals surface area (Å²) in [5, 5.41) is 0. The lowest BCUT2D eigenvalue weighted by molar-refractivity contribution is -0.292. The van der Waals surface area contributed by atoms with Crippen molar-refractivity contribution in [3.05, 3.63) is 0 Å². The van der Waals surface area contributed by atoms with E-state index in [1.165, 1.54) is 0 Å². The number of rotatable bonds is 7. The van der Waals surface area contributed by atoms with Crippen LogP contribution < -0.4 is 0 Å². The van der Waals surface area contributed by atoms with Gasteiger partial charge >= 0.3 is 8.56 Å². The van der Waals surface area contributed by atoms with Gasteiger partial charge in [-0.1, -0.05) is 13.8 Å². The molecule has 5 heteroatoms. The average Bonchev–Trinajstić information content (AvgIpc) is 2.39. The van der Waals surface area contributed by atoms with Crippen LogP contribution in [0.3, 0.4) is 0 Å². The molecule has 1 atom stereocenters. The molecule has 0 radical (unpaired) electrons. The van der Waals surface area contributed by atoms with Crippen LogP contribution in [0.25, 0.3) is 0 Å². The molecule has 0 bridgehead atoms. The predicted octanol–water partition coefficient (Wildman–Crippen LogP) is 3.06. The Balaban J connectivity index is 2.67. The van der Waals surface area contributed by atoms with Crippen molar-refractivity contribution in [2.45, 2.75) is 65.0 Å². The van der Waals surface area contributed by atoms with Crippen molar-refractivity contribution in [3.63, 3.8) is 0 Å². The van der Waals surface area contributed by atoms with Crippen molar-refractivity contribution in [2.75, 3.05) is 19.8 Å². The Labute approximate surface area is 112 Å². The molecule has 1 saturated heterocycles. The second-order valence-electron chi connectivity index (χ2n) is 4.88. The van der Waals surface area contributed by atoms with Crippen molar-refractivity contribution in [1.29, 1.82) is 0 Å². The fourth-order valence-corrected chi connectivity index (χ4v) is 4.93. The summed E-state index contributed by atoms with van der Waals surface area (Å²) < 4.78 is 23.7. The average molecular weight is 276 g/mol. The zero-order valence-electron chi connectivity index (χ0n) is 12.5. The van der Waals surface area contributed by atoms with Crippen molar-refractivity contribution in [2.24, 2.45) is 0 Å². The first-order valence-corrected chi connectivity index (χ1v) is 9.34. The maximum absolute atomic E-state index is 6.29. The molecular formula is C13H28O4Si. The monoisotopic (exact) mass is 276 g/mol. The summed E-state index contributed by atoms with van der Waals surface area (Å²) in [5.41, 5.74) is 0. The van der Waals surface area contributed by atoms with Gasteiger partial charge in [0.15, 0.2) is 5.79 Å². The van der Waals surface area contributed by atoms with Gasteiger partial charge in [-0.15, -0.1) is 0 Å². The van der Waals surface area contributed by atoms with Crippen molar-refractivity contribution in [1.82, 2.24) is 0 Å². The minimum Gasteiger partial charge on any atom is -0.394 e. The van der Waals surface area contributed by atoms with Gasteiger partial charge < -0.3 is 18.3 Å². The summed E-state index contributed by atoms with van der Waals surface area (Å²) in [5.74, 6) is -0.627. The van der Waals surface area contributed by atoms with Crippen LogP contribution >= 0.6 is 0 Å². The van der Waals surface area contributed by atoms with E-state index in [0.717, 1.165) is 31.7 Å². The van der Waals surface area contributed by atoms with E-state index in [0.29, 0.717) is 6.61 Å². The molecule has 1 heterocycles. The lowest BCUT2D eigenvalue weighted by Crippen LogP contribution is -2.54. The maximum atomic E-state index is 6.29. The first-order valence-electron chi connectivity index (χ1n) is 7.11. The van der Waals surface area contributed by atoms with E-state index in [2.05, 4.69) is 13.8 Å². The van der Waals surface area contributed by atoms with E-state index in [1.807, 2.05) is 20.8 Å². The van der Waals surface area contributed by atoms with Crippen molar-refractivity contribution >= 4 is 8.56 Å². The number of hydrogen-bond donors (Lipinski definition) is 0. The third-order valence-electron chi connectivity index (χ3n) is 3.68. The minimum atomic E-state index is -2.10. The zero-order chi connectivity index (χ0) is 13.6. The summed E-state index contributed by atoms with van der Waals surface area (Å²) in [6.45, 7) is 12.5. The van der Waals surface area contributed by atoms with Gasteiger partial charge in [-0.05, 0) is 39.3 Å².